The van der Waals surface area contributed by atoms with Gasteiger partial charge in [-0.3, -0.25) is 14.5 Å². The molecule has 2 heterocycles. The standard InChI is InChI=1S/C25H27Cl2FN4O3/c1-29(15-17-2-7-21(26)22(27)14-17)24(34)20-16-32(25(35)23(20)33)13-10-30-8-11-31(12-9-30)19-5-3-18(28)4-6-19/h2-7,14,33H,8-13,15-16H2,1H3. The fourth-order valence-electron chi connectivity index (χ4n) is 4.32. The Morgan fingerprint density at radius 3 is 2.37 bits per heavy atom. The second-order valence-electron chi connectivity index (χ2n) is 8.77. The lowest BCUT2D eigenvalue weighted by Crippen LogP contribution is -2.48. The normalized spacial score (nSPS) is 16.9. The van der Waals surface area contributed by atoms with Gasteiger partial charge in [-0.05, 0) is 42.0 Å². The molecule has 186 valence electrons. The molecule has 1 N–H and O–H groups in total. The molecule has 2 aromatic carbocycles. The van der Waals surface area contributed by atoms with E-state index in [2.05, 4.69) is 9.80 Å². The maximum absolute atomic E-state index is 13.2. The Morgan fingerprint density at radius 1 is 1.03 bits per heavy atom. The van der Waals surface area contributed by atoms with E-state index in [1.165, 1.54) is 21.9 Å². The van der Waals surface area contributed by atoms with E-state index in [0.29, 0.717) is 23.1 Å². The average Bonchev–Trinajstić information content (AvgIpc) is 3.14. The van der Waals surface area contributed by atoms with E-state index in [1.54, 1.807) is 37.4 Å². The summed E-state index contributed by atoms with van der Waals surface area (Å²) in [4.78, 5) is 32.9. The number of aliphatic hydroxyl groups excluding tert-OH is 1. The molecule has 1 fully saturated rings. The maximum atomic E-state index is 13.2. The lowest BCUT2D eigenvalue weighted by atomic mass is 10.2. The molecular weight excluding hydrogens is 494 g/mol. The Labute approximate surface area is 213 Å². The Morgan fingerprint density at radius 2 is 1.71 bits per heavy atom. The van der Waals surface area contributed by atoms with E-state index in [4.69, 9.17) is 23.2 Å². The first-order valence-electron chi connectivity index (χ1n) is 11.4. The highest BCUT2D eigenvalue weighted by Crippen LogP contribution is 2.24. The summed E-state index contributed by atoms with van der Waals surface area (Å²) in [6.07, 6.45) is 0. The third kappa shape index (κ3) is 5.89. The van der Waals surface area contributed by atoms with Crippen LogP contribution in [0.15, 0.2) is 53.8 Å². The van der Waals surface area contributed by atoms with Gasteiger partial charge in [-0.25, -0.2) is 4.39 Å². The van der Waals surface area contributed by atoms with Crippen molar-refractivity contribution in [3.63, 3.8) is 0 Å². The number of aliphatic hydroxyl groups is 1. The van der Waals surface area contributed by atoms with Gasteiger partial charge in [0.05, 0.1) is 22.2 Å². The highest BCUT2D eigenvalue weighted by molar-refractivity contribution is 6.42. The van der Waals surface area contributed by atoms with E-state index in [-0.39, 0.29) is 24.5 Å². The molecular formula is C25H27Cl2FN4O3. The number of benzene rings is 2. The highest BCUT2D eigenvalue weighted by Gasteiger charge is 2.35. The molecule has 2 aromatic rings. The number of rotatable bonds is 7. The van der Waals surface area contributed by atoms with Crippen molar-refractivity contribution in [3.05, 3.63) is 75.2 Å². The van der Waals surface area contributed by atoms with Crippen molar-refractivity contribution >= 4 is 40.7 Å². The fourth-order valence-corrected chi connectivity index (χ4v) is 4.64. The van der Waals surface area contributed by atoms with Crippen LogP contribution in [0.25, 0.3) is 0 Å². The first-order valence-corrected chi connectivity index (χ1v) is 12.1. The molecule has 2 amide bonds. The van der Waals surface area contributed by atoms with Gasteiger partial charge in [-0.2, -0.15) is 0 Å². The quantitative estimate of drug-likeness (QED) is 0.604. The molecule has 0 saturated carbocycles. The minimum Gasteiger partial charge on any atom is -0.503 e. The molecule has 1 saturated heterocycles. The largest absolute Gasteiger partial charge is 0.503 e. The maximum Gasteiger partial charge on any atom is 0.289 e. The highest BCUT2D eigenvalue weighted by atomic mass is 35.5. The molecule has 7 nitrogen and oxygen atoms in total. The Bertz CT molecular complexity index is 1130. The van der Waals surface area contributed by atoms with Crippen molar-refractivity contribution < 1.29 is 19.1 Å². The monoisotopic (exact) mass is 520 g/mol. The van der Waals surface area contributed by atoms with E-state index in [9.17, 15) is 19.1 Å². The average molecular weight is 521 g/mol. The summed E-state index contributed by atoms with van der Waals surface area (Å²) in [5.74, 6) is -1.67. The second kappa shape index (κ2) is 10.8. The molecule has 0 unspecified atom stereocenters. The topological polar surface area (TPSA) is 67.3 Å². The van der Waals surface area contributed by atoms with E-state index in [0.717, 1.165) is 37.4 Å². The summed E-state index contributed by atoms with van der Waals surface area (Å²) in [7, 11) is 1.61. The molecule has 0 aliphatic carbocycles. The lowest BCUT2D eigenvalue weighted by molar-refractivity contribution is -0.128. The SMILES string of the molecule is CN(Cc1ccc(Cl)c(Cl)c1)C(=O)C1=C(O)C(=O)N(CCN2CCN(c3ccc(F)cc3)CC2)C1. The third-order valence-electron chi connectivity index (χ3n) is 6.38. The number of amides is 2. The number of carbonyl (C=O) groups excluding carboxylic acids is 2. The van der Waals surface area contributed by atoms with Crippen molar-refractivity contribution in [2.24, 2.45) is 0 Å². The minimum absolute atomic E-state index is 0.0742. The van der Waals surface area contributed by atoms with E-state index >= 15 is 0 Å². The minimum atomic E-state index is -0.527. The van der Waals surface area contributed by atoms with E-state index < -0.39 is 17.6 Å². The van der Waals surface area contributed by atoms with Crippen molar-refractivity contribution in [2.75, 3.05) is 57.8 Å². The van der Waals surface area contributed by atoms with Crippen LogP contribution in [-0.4, -0.2) is 84.5 Å². The predicted octanol–water partition coefficient (Wildman–Crippen LogP) is 3.57. The predicted molar refractivity (Wildman–Crippen MR) is 134 cm³/mol. The molecule has 35 heavy (non-hydrogen) atoms. The molecule has 0 atom stereocenters. The first-order chi connectivity index (χ1) is 16.7. The lowest BCUT2D eigenvalue weighted by Gasteiger charge is -2.36. The van der Waals surface area contributed by atoms with Crippen LogP contribution in [0.3, 0.4) is 0 Å². The summed E-state index contributed by atoms with van der Waals surface area (Å²) in [6, 6.07) is 11.6. The van der Waals surface area contributed by atoms with Gasteiger partial charge in [-0.1, -0.05) is 29.3 Å². The van der Waals surface area contributed by atoms with Crippen LogP contribution < -0.4 is 4.90 Å². The summed E-state index contributed by atoms with van der Waals surface area (Å²) < 4.78 is 13.2. The van der Waals surface area contributed by atoms with Gasteiger partial charge >= 0.3 is 0 Å². The van der Waals surface area contributed by atoms with Gasteiger partial charge in [-0.15, -0.1) is 0 Å². The van der Waals surface area contributed by atoms with Crippen molar-refractivity contribution in [2.45, 2.75) is 6.54 Å². The molecule has 0 aromatic heterocycles. The van der Waals surface area contributed by atoms with Crippen LogP contribution in [0.1, 0.15) is 5.56 Å². The number of hydrogen-bond donors (Lipinski definition) is 1. The Balaban J connectivity index is 1.27. The van der Waals surface area contributed by atoms with Gasteiger partial charge in [0, 0.05) is 58.5 Å². The molecule has 10 heteroatoms. The molecule has 4 rings (SSSR count). The van der Waals surface area contributed by atoms with Crippen LogP contribution in [0, 0.1) is 5.82 Å². The van der Waals surface area contributed by atoms with Gasteiger partial charge in [0.15, 0.2) is 5.76 Å². The van der Waals surface area contributed by atoms with Crippen LogP contribution in [0.5, 0.6) is 0 Å². The zero-order chi connectivity index (χ0) is 25.1. The zero-order valence-corrected chi connectivity index (χ0v) is 20.9. The number of piperazine rings is 1. The molecule has 2 aliphatic heterocycles. The number of nitrogens with zero attached hydrogens (tertiary/aromatic N) is 4. The van der Waals surface area contributed by atoms with Crippen LogP contribution in [0.2, 0.25) is 10.0 Å². The van der Waals surface area contributed by atoms with Crippen LogP contribution in [0.4, 0.5) is 10.1 Å². The second-order valence-corrected chi connectivity index (χ2v) is 9.58. The third-order valence-corrected chi connectivity index (χ3v) is 7.12. The first kappa shape index (κ1) is 25.3. The summed E-state index contributed by atoms with van der Waals surface area (Å²) in [6.45, 7) is 4.58. The summed E-state index contributed by atoms with van der Waals surface area (Å²) in [5, 5.41) is 11.2. The number of carbonyl (C=O) groups is 2. The summed E-state index contributed by atoms with van der Waals surface area (Å²) in [5.41, 5.74) is 1.87. The summed E-state index contributed by atoms with van der Waals surface area (Å²) >= 11 is 12.0. The smallest absolute Gasteiger partial charge is 0.289 e. The van der Waals surface area contributed by atoms with Gasteiger partial charge in [0.1, 0.15) is 5.82 Å². The zero-order valence-electron chi connectivity index (χ0n) is 19.4. The van der Waals surface area contributed by atoms with Crippen molar-refractivity contribution in [3.8, 4) is 0 Å². The van der Waals surface area contributed by atoms with Gasteiger partial charge in [0.25, 0.3) is 11.8 Å². The molecule has 0 bridgehead atoms. The van der Waals surface area contributed by atoms with Crippen molar-refractivity contribution in [1.82, 2.24) is 14.7 Å². The van der Waals surface area contributed by atoms with Crippen LogP contribution >= 0.6 is 23.2 Å². The number of halogens is 3. The van der Waals surface area contributed by atoms with Crippen molar-refractivity contribution in [1.29, 1.82) is 0 Å². The van der Waals surface area contributed by atoms with Gasteiger partial charge < -0.3 is 19.8 Å². The van der Waals surface area contributed by atoms with E-state index in [1.807, 2.05) is 0 Å². The Kier molecular flexibility index (Phi) is 7.84. The molecule has 2 aliphatic rings. The number of anilines is 1. The molecule has 0 spiro atoms. The fraction of sp³-hybridized carbons (Fsp3) is 0.360. The van der Waals surface area contributed by atoms with Gasteiger partial charge in [0.2, 0.25) is 0 Å². The van der Waals surface area contributed by atoms with Crippen LogP contribution in [-0.2, 0) is 16.1 Å². The Hall–Kier alpha value is -2.81. The number of hydrogen-bond acceptors (Lipinski definition) is 5. The number of likely N-dealkylation sites (N-methyl/N-ethyl adjacent to an activating group) is 1. The molecule has 0 radical (unpaired) electrons.